The van der Waals surface area contributed by atoms with Gasteiger partial charge >= 0.3 is 0 Å². The van der Waals surface area contributed by atoms with Gasteiger partial charge in [-0.2, -0.15) is 0 Å². The van der Waals surface area contributed by atoms with Gasteiger partial charge in [-0.1, -0.05) is 32.1 Å². The van der Waals surface area contributed by atoms with Crippen molar-refractivity contribution >= 4 is 6.21 Å². The van der Waals surface area contributed by atoms with Crippen LogP contribution in [-0.2, 0) is 11.3 Å². The number of hydrogen-bond acceptors (Lipinski definition) is 5. The third-order valence-electron chi connectivity index (χ3n) is 8.02. The van der Waals surface area contributed by atoms with Gasteiger partial charge in [-0.15, -0.1) is 0 Å². The number of nitrogens with zero attached hydrogens (tertiary/aromatic N) is 4. The molecule has 0 N–H and O–H groups in total. The van der Waals surface area contributed by atoms with E-state index in [0.29, 0.717) is 24.0 Å². The molecule has 2 aromatic rings. The summed E-state index contributed by atoms with van der Waals surface area (Å²) in [6.07, 6.45) is 17.5. The fraction of sp³-hybridized carbons (Fsp3) is 0.500. The highest BCUT2D eigenvalue weighted by molar-refractivity contribution is 5.79. The Labute approximate surface area is 214 Å². The molecule has 3 aliphatic rings. The SMILES string of the molecule is CCC1=CC(CC)C=C(N2CCC(C3CC3COCc3ccc(-c4cncnc4)cc3F)CC2)N=C1. The molecule has 0 spiro atoms. The van der Waals surface area contributed by atoms with E-state index in [1.165, 1.54) is 31.2 Å². The average Bonchev–Trinajstić information content (AvgIpc) is 3.73. The molecule has 1 saturated heterocycles. The zero-order valence-electron chi connectivity index (χ0n) is 21.4. The lowest BCUT2D eigenvalue weighted by atomic mass is 9.91. The second-order valence-electron chi connectivity index (χ2n) is 10.4. The molecule has 1 aliphatic carbocycles. The first kappa shape index (κ1) is 24.8. The Hall–Kier alpha value is -2.86. The Bertz CT molecular complexity index is 1120. The van der Waals surface area contributed by atoms with Crippen molar-refractivity contribution in [1.82, 2.24) is 14.9 Å². The predicted octanol–water partition coefficient (Wildman–Crippen LogP) is 6.44. The molecule has 2 fully saturated rings. The van der Waals surface area contributed by atoms with E-state index in [0.717, 1.165) is 61.3 Å². The van der Waals surface area contributed by atoms with Gasteiger partial charge in [0.1, 0.15) is 18.0 Å². The molecule has 36 heavy (non-hydrogen) atoms. The summed E-state index contributed by atoms with van der Waals surface area (Å²) in [5, 5.41) is 0. The molecule has 5 rings (SSSR count). The van der Waals surface area contributed by atoms with E-state index in [4.69, 9.17) is 9.73 Å². The summed E-state index contributed by atoms with van der Waals surface area (Å²) in [4.78, 5) is 15.3. The molecule has 3 atom stereocenters. The van der Waals surface area contributed by atoms with Gasteiger partial charge in [-0.25, -0.2) is 19.4 Å². The average molecular weight is 489 g/mol. The van der Waals surface area contributed by atoms with E-state index in [1.54, 1.807) is 18.5 Å². The molecular weight excluding hydrogens is 451 g/mol. The van der Waals surface area contributed by atoms with Gasteiger partial charge in [0.15, 0.2) is 0 Å². The summed E-state index contributed by atoms with van der Waals surface area (Å²) in [5.74, 6) is 3.53. The number of aliphatic imine (C=N–C) groups is 1. The van der Waals surface area contributed by atoms with Crippen LogP contribution in [0.25, 0.3) is 11.1 Å². The standard InChI is InChI=1S/C30H37FN4O/c1-3-21-11-22(4-2)15-34-30(12-21)35-9-7-23(8-10-35)28-13-26(28)19-36-18-25-6-5-24(14-29(25)31)27-16-32-20-33-17-27/h5-6,11-12,14-17,20-21,23,26,28H,3-4,7-10,13,18-19H2,1-2H3. The zero-order valence-corrected chi connectivity index (χ0v) is 21.4. The molecular formula is C30H37FN4O. The lowest BCUT2D eigenvalue weighted by Gasteiger charge is -2.34. The van der Waals surface area contributed by atoms with Crippen LogP contribution in [0, 0.1) is 29.5 Å². The Balaban J connectivity index is 1.06. The smallest absolute Gasteiger partial charge is 0.129 e. The van der Waals surface area contributed by atoms with E-state index in [-0.39, 0.29) is 5.82 Å². The van der Waals surface area contributed by atoms with E-state index in [2.05, 4.69) is 47.1 Å². The summed E-state index contributed by atoms with van der Waals surface area (Å²) in [5.41, 5.74) is 3.53. The van der Waals surface area contributed by atoms with Gasteiger partial charge in [0.05, 0.1) is 13.2 Å². The predicted molar refractivity (Wildman–Crippen MR) is 142 cm³/mol. The first-order chi connectivity index (χ1) is 17.6. The third kappa shape index (κ3) is 5.92. The van der Waals surface area contributed by atoms with Crippen molar-refractivity contribution in [2.24, 2.45) is 28.7 Å². The molecule has 190 valence electrons. The maximum Gasteiger partial charge on any atom is 0.129 e. The molecule has 0 amide bonds. The number of benzene rings is 1. The minimum Gasteiger partial charge on any atom is -0.376 e. The Morgan fingerprint density at radius 1 is 1.06 bits per heavy atom. The third-order valence-corrected chi connectivity index (χ3v) is 8.02. The lowest BCUT2D eigenvalue weighted by molar-refractivity contribution is 0.0993. The summed E-state index contributed by atoms with van der Waals surface area (Å²) in [6, 6.07) is 5.26. The summed E-state index contributed by atoms with van der Waals surface area (Å²) < 4.78 is 20.6. The molecule has 2 aliphatic heterocycles. The number of likely N-dealkylation sites (tertiary alicyclic amines) is 1. The molecule has 3 unspecified atom stereocenters. The van der Waals surface area contributed by atoms with Crippen molar-refractivity contribution < 1.29 is 9.13 Å². The van der Waals surface area contributed by atoms with Crippen LogP contribution in [0.15, 0.2) is 65.5 Å². The minimum absolute atomic E-state index is 0.238. The first-order valence-electron chi connectivity index (χ1n) is 13.5. The summed E-state index contributed by atoms with van der Waals surface area (Å²) in [6.45, 7) is 7.65. The molecule has 1 aromatic heterocycles. The molecule has 3 heterocycles. The van der Waals surface area contributed by atoms with E-state index in [1.807, 2.05) is 12.1 Å². The van der Waals surface area contributed by atoms with Gasteiger partial charge in [-0.05, 0) is 79.1 Å². The van der Waals surface area contributed by atoms with Crippen molar-refractivity contribution in [3.8, 4) is 11.1 Å². The van der Waals surface area contributed by atoms with Crippen molar-refractivity contribution in [3.63, 3.8) is 0 Å². The van der Waals surface area contributed by atoms with E-state index >= 15 is 0 Å². The fourth-order valence-corrected chi connectivity index (χ4v) is 5.59. The second kappa shape index (κ2) is 11.5. The Morgan fingerprint density at radius 3 is 2.58 bits per heavy atom. The summed E-state index contributed by atoms with van der Waals surface area (Å²) >= 11 is 0. The Kier molecular flexibility index (Phi) is 7.90. The molecule has 1 saturated carbocycles. The molecule has 5 nitrogen and oxygen atoms in total. The maximum atomic E-state index is 14.6. The minimum atomic E-state index is -0.238. The molecule has 6 heteroatoms. The highest BCUT2D eigenvalue weighted by Gasteiger charge is 2.43. The lowest BCUT2D eigenvalue weighted by Crippen LogP contribution is -2.33. The van der Waals surface area contributed by atoms with Crippen LogP contribution in [0.5, 0.6) is 0 Å². The number of halogens is 1. The second-order valence-corrected chi connectivity index (χ2v) is 10.4. The van der Waals surface area contributed by atoms with Crippen LogP contribution in [0.4, 0.5) is 4.39 Å². The number of rotatable bonds is 9. The first-order valence-corrected chi connectivity index (χ1v) is 13.5. The van der Waals surface area contributed by atoms with Crippen molar-refractivity contribution in [1.29, 1.82) is 0 Å². The summed E-state index contributed by atoms with van der Waals surface area (Å²) in [7, 11) is 0. The van der Waals surface area contributed by atoms with Gasteiger partial charge in [-0.3, -0.25) is 0 Å². The number of allylic oxidation sites excluding steroid dienone is 3. The normalized spacial score (nSPS) is 24.3. The maximum absolute atomic E-state index is 14.6. The van der Waals surface area contributed by atoms with Crippen LogP contribution >= 0.6 is 0 Å². The monoisotopic (exact) mass is 488 g/mol. The zero-order chi connectivity index (χ0) is 24.9. The van der Waals surface area contributed by atoms with Crippen molar-refractivity contribution in [2.75, 3.05) is 19.7 Å². The van der Waals surface area contributed by atoms with Crippen molar-refractivity contribution in [2.45, 2.75) is 52.6 Å². The van der Waals surface area contributed by atoms with E-state index < -0.39 is 0 Å². The largest absolute Gasteiger partial charge is 0.376 e. The highest BCUT2D eigenvalue weighted by Crippen LogP contribution is 2.48. The number of hydrogen-bond donors (Lipinski definition) is 0. The van der Waals surface area contributed by atoms with Crippen LogP contribution in [0.1, 0.15) is 51.5 Å². The van der Waals surface area contributed by atoms with Gasteiger partial charge < -0.3 is 9.64 Å². The van der Waals surface area contributed by atoms with Gasteiger partial charge in [0, 0.05) is 42.8 Å². The van der Waals surface area contributed by atoms with Crippen LogP contribution in [0.2, 0.25) is 0 Å². The molecule has 0 radical (unpaired) electrons. The Morgan fingerprint density at radius 2 is 1.86 bits per heavy atom. The van der Waals surface area contributed by atoms with Crippen LogP contribution < -0.4 is 0 Å². The number of aromatic nitrogens is 2. The van der Waals surface area contributed by atoms with Crippen LogP contribution in [0.3, 0.4) is 0 Å². The molecule has 1 aromatic carbocycles. The molecule has 0 bridgehead atoms. The number of ether oxygens (including phenoxy) is 1. The van der Waals surface area contributed by atoms with Crippen molar-refractivity contribution in [3.05, 3.63) is 71.8 Å². The highest BCUT2D eigenvalue weighted by atomic mass is 19.1. The van der Waals surface area contributed by atoms with Gasteiger partial charge in [0.2, 0.25) is 0 Å². The van der Waals surface area contributed by atoms with E-state index in [9.17, 15) is 4.39 Å². The van der Waals surface area contributed by atoms with Gasteiger partial charge in [0.25, 0.3) is 0 Å². The topological polar surface area (TPSA) is 50.6 Å². The number of piperidine rings is 1. The fourth-order valence-electron chi connectivity index (χ4n) is 5.59. The quantitative estimate of drug-likeness (QED) is 0.408. The van der Waals surface area contributed by atoms with Crippen LogP contribution in [-0.4, -0.2) is 40.8 Å².